The highest BCUT2D eigenvalue weighted by molar-refractivity contribution is 7.94. The molecule has 0 aliphatic heterocycles. The van der Waals surface area contributed by atoms with E-state index in [-0.39, 0.29) is 4.90 Å². The number of aryl methyl sites for hydroxylation is 1. The maximum Gasteiger partial charge on any atom is 0.246 e. The Balaban J connectivity index is 1.87. The minimum absolute atomic E-state index is 0.127. The molecule has 2 aromatic rings. The van der Waals surface area contributed by atoms with E-state index in [1.807, 2.05) is 25.1 Å². The molecule has 2 aromatic carbocycles. The summed E-state index contributed by atoms with van der Waals surface area (Å²) in [5.74, 6) is -0.467. The van der Waals surface area contributed by atoms with Crippen LogP contribution < -0.4 is 5.32 Å². The first-order chi connectivity index (χ1) is 11.4. The van der Waals surface area contributed by atoms with Gasteiger partial charge in [-0.15, -0.1) is 0 Å². The normalized spacial score (nSPS) is 15.8. The second kappa shape index (κ2) is 6.22. The fraction of sp³-hybridized carbons (Fsp3) is 0.278. The second-order valence-electron chi connectivity index (χ2n) is 5.96. The number of carbonyl (C=O) groups is 1. The molecule has 24 heavy (non-hydrogen) atoms. The third-order valence-electron chi connectivity index (χ3n) is 4.35. The van der Waals surface area contributed by atoms with Gasteiger partial charge in [0, 0.05) is 10.7 Å². The SMILES string of the molecule is CCc1cccc(NC(=O)C2(S(=O)(=O)c3ccc(Cl)cc3)CC2)c1. The van der Waals surface area contributed by atoms with Crippen LogP contribution in [0.3, 0.4) is 0 Å². The molecule has 1 aliphatic rings. The molecule has 0 heterocycles. The van der Waals surface area contributed by atoms with E-state index < -0.39 is 20.5 Å². The molecule has 4 nitrogen and oxygen atoms in total. The van der Waals surface area contributed by atoms with Crippen molar-refractivity contribution in [3.05, 3.63) is 59.1 Å². The average molecular weight is 364 g/mol. The summed E-state index contributed by atoms with van der Waals surface area (Å²) >= 11 is 5.82. The Hall–Kier alpha value is -1.85. The zero-order valence-corrected chi connectivity index (χ0v) is 14.8. The summed E-state index contributed by atoms with van der Waals surface area (Å²) in [5, 5.41) is 3.22. The van der Waals surface area contributed by atoms with Crippen molar-refractivity contribution in [3.8, 4) is 0 Å². The summed E-state index contributed by atoms with van der Waals surface area (Å²) in [4.78, 5) is 12.8. The van der Waals surface area contributed by atoms with Crippen LogP contribution in [0, 0.1) is 0 Å². The molecular formula is C18H18ClNO3S. The van der Waals surface area contributed by atoms with Crippen LogP contribution in [0.15, 0.2) is 53.4 Å². The number of nitrogens with one attached hydrogen (secondary N) is 1. The van der Waals surface area contributed by atoms with E-state index in [1.54, 1.807) is 6.07 Å². The number of sulfone groups is 1. The first-order valence-electron chi connectivity index (χ1n) is 7.80. The van der Waals surface area contributed by atoms with Gasteiger partial charge in [0.25, 0.3) is 0 Å². The van der Waals surface area contributed by atoms with E-state index in [2.05, 4.69) is 5.32 Å². The quantitative estimate of drug-likeness (QED) is 0.877. The second-order valence-corrected chi connectivity index (χ2v) is 8.66. The highest BCUT2D eigenvalue weighted by Crippen LogP contribution is 2.47. The van der Waals surface area contributed by atoms with Gasteiger partial charge in [0.1, 0.15) is 0 Å². The largest absolute Gasteiger partial charge is 0.325 e. The van der Waals surface area contributed by atoms with E-state index in [1.165, 1.54) is 24.3 Å². The molecule has 1 N–H and O–H groups in total. The van der Waals surface area contributed by atoms with E-state index in [0.29, 0.717) is 23.6 Å². The Morgan fingerprint density at radius 3 is 2.42 bits per heavy atom. The Kier molecular flexibility index (Phi) is 4.40. The molecule has 126 valence electrons. The highest BCUT2D eigenvalue weighted by atomic mass is 35.5. The van der Waals surface area contributed by atoms with Crippen LogP contribution in [0.1, 0.15) is 25.3 Å². The summed E-state index contributed by atoms with van der Waals surface area (Å²) < 4.78 is 24.4. The van der Waals surface area contributed by atoms with Crippen molar-refractivity contribution in [1.82, 2.24) is 0 Å². The van der Waals surface area contributed by atoms with Crippen molar-refractivity contribution < 1.29 is 13.2 Å². The number of rotatable bonds is 5. The molecule has 1 amide bonds. The third-order valence-corrected chi connectivity index (χ3v) is 7.12. The molecule has 0 saturated heterocycles. The molecule has 0 spiro atoms. The van der Waals surface area contributed by atoms with Gasteiger partial charge in [-0.3, -0.25) is 4.79 Å². The van der Waals surface area contributed by atoms with Crippen molar-refractivity contribution >= 4 is 33.0 Å². The Bertz CT molecular complexity index is 871. The smallest absolute Gasteiger partial charge is 0.246 e. The van der Waals surface area contributed by atoms with E-state index in [4.69, 9.17) is 11.6 Å². The fourth-order valence-electron chi connectivity index (χ4n) is 2.68. The van der Waals surface area contributed by atoms with Crippen LogP contribution in [0.4, 0.5) is 5.69 Å². The van der Waals surface area contributed by atoms with E-state index in [0.717, 1.165) is 12.0 Å². The Labute approximate surface area is 146 Å². The van der Waals surface area contributed by atoms with Crippen LogP contribution in [-0.4, -0.2) is 19.1 Å². The lowest BCUT2D eigenvalue weighted by molar-refractivity contribution is -0.116. The molecule has 6 heteroatoms. The summed E-state index contributed by atoms with van der Waals surface area (Å²) in [6, 6.07) is 13.4. The zero-order chi connectivity index (χ0) is 17.4. The number of amides is 1. The predicted molar refractivity (Wildman–Crippen MR) is 95.1 cm³/mol. The van der Waals surface area contributed by atoms with Gasteiger partial charge in [-0.25, -0.2) is 8.42 Å². The van der Waals surface area contributed by atoms with Gasteiger partial charge in [0.2, 0.25) is 5.91 Å². The monoisotopic (exact) mass is 363 g/mol. The molecular weight excluding hydrogens is 346 g/mol. The van der Waals surface area contributed by atoms with Gasteiger partial charge in [-0.2, -0.15) is 0 Å². The summed E-state index contributed by atoms with van der Waals surface area (Å²) in [5.41, 5.74) is 1.70. The Morgan fingerprint density at radius 1 is 1.17 bits per heavy atom. The molecule has 0 bridgehead atoms. The molecule has 0 unspecified atom stereocenters. The summed E-state index contributed by atoms with van der Waals surface area (Å²) in [7, 11) is -3.75. The van der Waals surface area contributed by atoms with Crippen molar-refractivity contribution in [2.45, 2.75) is 35.8 Å². The molecule has 0 atom stereocenters. The standard InChI is InChI=1S/C18H18ClNO3S/c1-2-13-4-3-5-15(12-13)20-17(21)18(10-11-18)24(22,23)16-8-6-14(19)7-9-16/h3-9,12H,2,10-11H2,1H3,(H,20,21). The third kappa shape index (κ3) is 2.94. The van der Waals surface area contributed by atoms with Crippen molar-refractivity contribution in [1.29, 1.82) is 0 Å². The molecule has 0 aromatic heterocycles. The minimum Gasteiger partial charge on any atom is -0.325 e. The van der Waals surface area contributed by atoms with Crippen LogP contribution in [0.2, 0.25) is 5.02 Å². The predicted octanol–water partition coefficient (Wildman–Crippen LogP) is 3.85. The molecule has 1 fully saturated rings. The Morgan fingerprint density at radius 2 is 1.83 bits per heavy atom. The number of anilines is 1. The van der Waals surface area contributed by atoms with Crippen LogP contribution in [0.5, 0.6) is 0 Å². The van der Waals surface area contributed by atoms with Gasteiger partial charge in [-0.05, 0) is 61.2 Å². The number of halogens is 1. The average Bonchev–Trinajstić information content (AvgIpc) is 3.38. The van der Waals surface area contributed by atoms with Crippen molar-refractivity contribution in [2.24, 2.45) is 0 Å². The van der Waals surface area contributed by atoms with Crippen LogP contribution in [-0.2, 0) is 21.1 Å². The number of carbonyl (C=O) groups excluding carboxylic acids is 1. The van der Waals surface area contributed by atoms with Gasteiger partial charge < -0.3 is 5.32 Å². The molecule has 1 aliphatic carbocycles. The molecule has 1 saturated carbocycles. The highest BCUT2D eigenvalue weighted by Gasteiger charge is 2.61. The topological polar surface area (TPSA) is 63.2 Å². The minimum atomic E-state index is -3.75. The summed E-state index contributed by atoms with van der Waals surface area (Å²) in [6.07, 6.45) is 1.51. The lowest BCUT2D eigenvalue weighted by Gasteiger charge is -2.17. The van der Waals surface area contributed by atoms with E-state index in [9.17, 15) is 13.2 Å². The number of hydrogen-bond acceptors (Lipinski definition) is 3. The van der Waals surface area contributed by atoms with Crippen molar-refractivity contribution in [2.75, 3.05) is 5.32 Å². The van der Waals surface area contributed by atoms with Gasteiger partial charge in [0.05, 0.1) is 4.90 Å². The van der Waals surface area contributed by atoms with Gasteiger partial charge >= 0.3 is 0 Å². The first-order valence-corrected chi connectivity index (χ1v) is 9.66. The van der Waals surface area contributed by atoms with Crippen molar-refractivity contribution in [3.63, 3.8) is 0 Å². The lowest BCUT2D eigenvalue weighted by Crippen LogP contribution is -2.37. The molecule has 0 radical (unpaired) electrons. The van der Waals surface area contributed by atoms with Gasteiger partial charge in [0.15, 0.2) is 14.6 Å². The van der Waals surface area contributed by atoms with Crippen LogP contribution in [0.25, 0.3) is 0 Å². The summed E-state index contributed by atoms with van der Waals surface area (Å²) in [6.45, 7) is 2.02. The maximum absolute atomic E-state index is 12.9. The maximum atomic E-state index is 12.9. The number of hydrogen-bond donors (Lipinski definition) is 1. The fourth-order valence-corrected chi connectivity index (χ4v) is 4.69. The zero-order valence-electron chi connectivity index (χ0n) is 13.3. The lowest BCUT2D eigenvalue weighted by atomic mass is 10.1. The van der Waals surface area contributed by atoms with E-state index >= 15 is 0 Å². The number of benzene rings is 2. The van der Waals surface area contributed by atoms with Gasteiger partial charge in [-0.1, -0.05) is 30.7 Å². The first kappa shape index (κ1) is 17.0. The van der Waals surface area contributed by atoms with Crippen LogP contribution >= 0.6 is 11.6 Å². The molecule has 3 rings (SSSR count).